The SMILES string of the molecule is CCOC(=O)C1=C(CN2CCN(C)CC23CCCCC3)NC(=O)N[C@@H]1c1ccccc1. The van der Waals surface area contributed by atoms with Gasteiger partial charge in [0.05, 0.1) is 18.2 Å². The van der Waals surface area contributed by atoms with Gasteiger partial charge in [-0.15, -0.1) is 0 Å². The van der Waals surface area contributed by atoms with Gasteiger partial charge in [-0.05, 0) is 32.4 Å². The first-order chi connectivity index (χ1) is 15.0. The summed E-state index contributed by atoms with van der Waals surface area (Å²) in [6.45, 7) is 5.60. The predicted molar refractivity (Wildman–Crippen MR) is 119 cm³/mol. The minimum absolute atomic E-state index is 0.107. The molecular weight excluding hydrogens is 392 g/mol. The van der Waals surface area contributed by atoms with Gasteiger partial charge in [0.25, 0.3) is 0 Å². The summed E-state index contributed by atoms with van der Waals surface area (Å²) in [5.74, 6) is -0.370. The van der Waals surface area contributed by atoms with Crippen LogP contribution >= 0.6 is 0 Å². The predicted octanol–water partition coefficient (Wildman–Crippen LogP) is 2.81. The summed E-state index contributed by atoms with van der Waals surface area (Å²) in [5, 5.41) is 5.89. The minimum Gasteiger partial charge on any atom is -0.463 e. The van der Waals surface area contributed by atoms with Crippen LogP contribution in [0.2, 0.25) is 0 Å². The van der Waals surface area contributed by atoms with E-state index in [1.807, 2.05) is 37.3 Å². The molecule has 1 atom stereocenters. The Morgan fingerprint density at radius 1 is 1.16 bits per heavy atom. The number of ether oxygens (including phenoxy) is 1. The van der Waals surface area contributed by atoms with E-state index in [1.165, 1.54) is 19.3 Å². The number of amides is 2. The standard InChI is InChI=1S/C24H34N4O3/c1-3-31-22(29)20-19(25-23(30)26-21(20)18-10-6-4-7-11-18)16-28-15-14-27(2)17-24(28)12-8-5-9-13-24/h4,6-7,10-11,21H,3,5,8-9,12-17H2,1-2H3,(H2,25,26,30)/t21-/m1/s1. The molecule has 2 N–H and O–H groups in total. The Morgan fingerprint density at radius 3 is 2.61 bits per heavy atom. The molecule has 0 aromatic heterocycles. The number of carbonyl (C=O) groups excluding carboxylic acids is 2. The zero-order valence-electron chi connectivity index (χ0n) is 18.7. The molecule has 7 nitrogen and oxygen atoms in total. The molecule has 2 fully saturated rings. The van der Waals surface area contributed by atoms with Crippen molar-refractivity contribution in [1.82, 2.24) is 20.4 Å². The first-order valence-corrected chi connectivity index (χ1v) is 11.5. The van der Waals surface area contributed by atoms with Crippen LogP contribution in [-0.4, -0.2) is 67.2 Å². The fraction of sp³-hybridized carbons (Fsp3) is 0.583. The van der Waals surface area contributed by atoms with Crippen LogP contribution in [0.15, 0.2) is 41.6 Å². The van der Waals surface area contributed by atoms with Crippen molar-refractivity contribution >= 4 is 12.0 Å². The Morgan fingerprint density at radius 2 is 1.90 bits per heavy atom. The van der Waals surface area contributed by atoms with Crippen LogP contribution in [0.4, 0.5) is 4.79 Å². The maximum atomic E-state index is 13.1. The van der Waals surface area contributed by atoms with E-state index in [1.54, 1.807) is 0 Å². The van der Waals surface area contributed by atoms with Crippen molar-refractivity contribution in [2.45, 2.75) is 50.6 Å². The molecule has 1 saturated heterocycles. The molecule has 2 amide bonds. The number of nitrogens with one attached hydrogen (secondary N) is 2. The summed E-state index contributed by atoms with van der Waals surface area (Å²) < 4.78 is 5.43. The fourth-order valence-corrected chi connectivity index (χ4v) is 5.42. The van der Waals surface area contributed by atoms with E-state index in [9.17, 15) is 9.59 Å². The van der Waals surface area contributed by atoms with E-state index in [-0.39, 0.29) is 17.5 Å². The van der Waals surface area contributed by atoms with E-state index < -0.39 is 6.04 Å². The van der Waals surface area contributed by atoms with Crippen molar-refractivity contribution in [1.29, 1.82) is 0 Å². The highest BCUT2D eigenvalue weighted by Crippen LogP contribution is 2.37. The van der Waals surface area contributed by atoms with E-state index in [2.05, 4.69) is 27.5 Å². The number of hydrogen-bond donors (Lipinski definition) is 2. The Balaban J connectivity index is 1.71. The Kier molecular flexibility index (Phi) is 6.62. The third kappa shape index (κ3) is 4.62. The third-order valence-corrected chi connectivity index (χ3v) is 6.90. The van der Waals surface area contributed by atoms with Crippen molar-refractivity contribution in [3.05, 3.63) is 47.2 Å². The first kappa shape index (κ1) is 21.8. The highest BCUT2D eigenvalue weighted by Gasteiger charge is 2.43. The maximum Gasteiger partial charge on any atom is 0.338 e. The molecular formula is C24H34N4O3. The molecule has 0 unspecified atom stereocenters. The molecule has 7 heteroatoms. The van der Waals surface area contributed by atoms with Crippen LogP contribution in [-0.2, 0) is 9.53 Å². The third-order valence-electron chi connectivity index (χ3n) is 6.90. The summed E-state index contributed by atoms with van der Waals surface area (Å²) in [6, 6.07) is 8.85. The van der Waals surface area contributed by atoms with Crippen molar-refractivity contribution in [2.24, 2.45) is 0 Å². The molecule has 1 aromatic rings. The van der Waals surface area contributed by atoms with E-state index in [0.29, 0.717) is 24.4 Å². The molecule has 31 heavy (non-hydrogen) atoms. The number of likely N-dealkylation sites (N-methyl/N-ethyl adjacent to an activating group) is 1. The molecule has 1 aliphatic carbocycles. The number of benzene rings is 1. The second-order valence-corrected chi connectivity index (χ2v) is 9.00. The molecule has 0 bridgehead atoms. The summed E-state index contributed by atoms with van der Waals surface area (Å²) in [5.41, 5.74) is 2.17. The average Bonchev–Trinajstić information content (AvgIpc) is 2.77. The van der Waals surface area contributed by atoms with Gasteiger partial charge in [0.2, 0.25) is 0 Å². The number of piperazine rings is 1. The zero-order chi connectivity index (χ0) is 21.8. The summed E-state index contributed by atoms with van der Waals surface area (Å²) in [6.07, 6.45) is 6.07. The molecule has 2 aliphatic heterocycles. The minimum atomic E-state index is -0.515. The molecule has 1 aromatic carbocycles. The number of nitrogens with zero attached hydrogens (tertiary/aromatic N) is 2. The lowest BCUT2D eigenvalue weighted by Crippen LogP contribution is -2.63. The van der Waals surface area contributed by atoms with Gasteiger partial charge in [-0.25, -0.2) is 9.59 Å². The number of urea groups is 1. The van der Waals surface area contributed by atoms with Crippen molar-refractivity contribution in [3.63, 3.8) is 0 Å². The first-order valence-electron chi connectivity index (χ1n) is 11.5. The van der Waals surface area contributed by atoms with Crippen LogP contribution < -0.4 is 10.6 Å². The number of carbonyl (C=O) groups is 2. The normalized spacial score (nSPS) is 24.6. The highest BCUT2D eigenvalue weighted by molar-refractivity contribution is 5.95. The van der Waals surface area contributed by atoms with Gasteiger partial charge in [-0.3, -0.25) is 4.90 Å². The van der Waals surface area contributed by atoms with Crippen LogP contribution in [0.25, 0.3) is 0 Å². The van der Waals surface area contributed by atoms with Gasteiger partial charge < -0.3 is 20.3 Å². The molecule has 1 saturated carbocycles. The smallest absolute Gasteiger partial charge is 0.338 e. The van der Waals surface area contributed by atoms with Gasteiger partial charge in [0.1, 0.15) is 0 Å². The second kappa shape index (κ2) is 9.40. The van der Waals surface area contributed by atoms with E-state index in [4.69, 9.17) is 4.74 Å². The number of hydrogen-bond acceptors (Lipinski definition) is 5. The van der Waals surface area contributed by atoms with Gasteiger partial charge in [0.15, 0.2) is 0 Å². The monoisotopic (exact) mass is 426 g/mol. The Bertz CT molecular complexity index is 832. The molecule has 2 heterocycles. The molecule has 168 valence electrons. The molecule has 1 spiro atoms. The van der Waals surface area contributed by atoms with Gasteiger partial charge in [-0.2, -0.15) is 0 Å². The van der Waals surface area contributed by atoms with Gasteiger partial charge in [0, 0.05) is 37.4 Å². The molecule has 3 aliphatic rings. The largest absolute Gasteiger partial charge is 0.463 e. The highest BCUT2D eigenvalue weighted by atomic mass is 16.5. The molecule has 0 radical (unpaired) electrons. The second-order valence-electron chi connectivity index (χ2n) is 9.00. The van der Waals surface area contributed by atoms with Crippen LogP contribution in [0, 0.1) is 0 Å². The quantitative estimate of drug-likeness (QED) is 0.709. The van der Waals surface area contributed by atoms with Crippen LogP contribution in [0.5, 0.6) is 0 Å². The average molecular weight is 427 g/mol. The zero-order valence-corrected chi connectivity index (χ0v) is 18.7. The number of esters is 1. The summed E-state index contributed by atoms with van der Waals surface area (Å²) in [7, 11) is 2.19. The lowest BCUT2D eigenvalue weighted by molar-refractivity contribution is -0.139. The van der Waals surface area contributed by atoms with Crippen LogP contribution in [0.1, 0.15) is 50.6 Å². The topological polar surface area (TPSA) is 73.9 Å². The van der Waals surface area contributed by atoms with Crippen molar-refractivity contribution in [2.75, 3.05) is 39.8 Å². The van der Waals surface area contributed by atoms with E-state index in [0.717, 1.165) is 38.0 Å². The lowest BCUT2D eigenvalue weighted by atomic mass is 9.78. The summed E-state index contributed by atoms with van der Waals surface area (Å²) >= 11 is 0. The van der Waals surface area contributed by atoms with Gasteiger partial charge in [-0.1, -0.05) is 49.6 Å². The van der Waals surface area contributed by atoms with E-state index >= 15 is 0 Å². The maximum absolute atomic E-state index is 13.1. The summed E-state index contributed by atoms with van der Waals surface area (Å²) in [4.78, 5) is 30.6. The lowest BCUT2D eigenvalue weighted by Gasteiger charge is -2.52. The van der Waals surface area contributed by atoms with Crippen molar-refractivity contribution < 1.29 is 14.3 Å². The van der Waals surface area contributed by atoms with Gasteiger partial charge >= 0.3 is 12.0 Å². The van der Waals surface area contributed by atoms with Crippen LogP contribution in [0.3, 0.4) is 0 Å². The Labute approximate surface area is 184 Å². The molecule has 4 rings (SSSR count). The number of rotatable bonds is 5. The fourth-order valence-electron chi connectivity index (χ4n) is 5.42. The Hall–Kier alpha value is -2.38. The van der Waals surface area contributed by atoms with Crippen molar-refractivity contribution in [3.8, 4) is 0 Å².